The molecule has 1 unspecified atom stereocenters. The molecule has 2 aliphatic heterocycles. The Hall–Kier alpha value is -1.19. The van der Waals surface area contributed by atoms with Crippen LogP contribution < -0.4 is 10.1 Å². The molecule has 7 nitrogen and oxygen atoms in total. The van der Waals surface area contributed by atoms with Gasteiger partial charge in [-0.3, -0.25) is 4.90 Å². The van der Waals surface area contributed by atoms with Crippen molar-refractivity contribution in [2.45, 2.75) is 23.8 Å². The van der Waals surface area contributed by atoms with Crippen molar-refractivity contribution >= 4 is 10.0 Å². The molecule has 26 heavy (non-hydrogen) atoms. The van der Waals surface area contributed by atoms with Crippen molar-refractivity contribution in [3.8, 4) is 5.75 Å². The Balaban J connectivity index is 1.50. The zero-order chi connectivity index (χ0) is 18.4. The van der Waals surface area contributed by atoms with Crippen LogP contribution in [0.2, 0.25) is 0 Å². The molecule has 1 N–H and O–H groups in total. The topological polar surface area (TPSA) is 71.1 Å². The average molecular weight is 384 g/mol. The summed E-state index contributed by atoms with van der Waals surface area (Å²) in [6, 6.07) is 7.28. The molecule has 0 saturated carbocycles. The van der Waals surface area contributed by atoms with E-state index in [-0.39, 0.29) is 0 Å². The fourth-order valence-electron chi connectivity index (χ4n) is 3.43. The number of benzene rings is 1. The number of likely N-dealkylation sites (tertiary alicyclic amines) is 1. The van der Waals surface area contributed by atoms with E-state index in [1.807, 2.05) is 7.05 Å². The molecule has 1 atom stereocenters. The van der Waals surface area contributed by atoms with E-state index in [2.05, 4.69) is 10.2 Å². The van der Waals surface area contributed by atoms with Crippen molar-refractivity contribution < 1.29 is 17.9 Å². The third-order valence-corrected chi connectivity index (χ3v) is 6.93. The fraction of sp³-hybridized carbons (Fsp3) is 0.667. The molecule has 2 aliphatic rings. The molecule has 0 radical (unpaired) electrons. The maximum absolute atomic E-state index is 12.6. The molecule has 0 amide bonds. The van der Waals surface area contributed by atoms with E-state index < -0.39 is 10.0 Å². The van der Waals surface area contributed by atoms with Crippen LogP contribution in [-0.4, -0.2) is 83.3 Å². The zero-order valence-electron chi connectivity index (χ0n) is 15.4. The van der Waals surface area contributed by atoms with Gasteiger partial charge in [0.15, 0.2) is 0 Å². The summed E-state index contributed by atoms with van der Waals surface area (Å²) < 4.78 is 37.7. The van der Waals surface area contributed by atoms with E-state index in [1.54, 1.807) is 24.3 Å². The van der Waals surface area contributed by atoms with Crippen molar-refractivity contribution in [3.63, 3.8) is 0 Å². The normalized spacial score (nSPS) is 23.0. The van der Waals surface area contributed by atoms with Crippen molar-refractivity contribution in [1.29, 1.82) is 0 Å². The average Bonchev–Trinajstić information content (AvgIpc) is 2.69. The van der Waals surface area contributed by atoms with Gasteiger partial charge in [0.1, 0.15) is 12.4 Å². The third kappa shape index (κ3) is 4.95. The van der Waals surface area contributed by atoms with Gasteiger partial charge >= 0.3 is 0 Å². The summed E-state index contributed by atoms with van der Waals surface area (Å²) in [7, 11) is -1.43. The summed E-state index contributed by atoms with van der Waals surface area (Å²) in [4.78, 5) is 2.71. The van der Waals surface area contributed by atoms with Crippen LogP contribution in [0.15, 0.2) is 29.2 Å². The van der Waals surface area contributed by atoms with Gasteiger partial charge in [0.2, 0.25) is 10.0 Å². The lowest BCUT2D eigenvalue weighted by Gasteiger charge is -2.32. The van der Waals surface area contributed by atoms with Gasteiger partial charge in [-0.05, 0) is 50.7 Å². The van der Waals surface area contributed by atoms with E-state index in [4.69, 9.17) is 9.47 Å². The SMILES string of the molecule is CNC1CCCN(CCOc2ccc(S(=O)(=O)N3CCOCC3)cc2)C1. The van der Waals surface area contributed by atoms with Gasteiger partial charge in [-0.15, -0.1) is 0 Å². The van der Waals surface area contributed by atoms with Crippen LogP contribution in [0.4, 0.5) is 0 Å². The number of hydrogen-bond donors (Lipinski definition) is 1. The molecule has 2 saturated heterocycles. The number of rotatable bonds is 7. The molecule has 0 aliphatic carbocycles. The highest BCUT2D eigenvalue weighted by Crippen LogP contribution is 2.20. The van der Waals surface area contributed by atoms with Gasteiger partial charge in [0.25, 0.3) is 0 Å². The molecular formula is C18H29N3O4S. The molecule has 3 rings (SSSR count). The molecule has 2 heterocycles. The van der Waals surface area contributed by atoms with Gasteiger partial charge < -0.3 is 14.8 Å². The van der Waals surface area contributed by atoms with Crippen LogP contribution in [0.3, 0.4) is 0 Å². The number of hydrogen-bond acceptors (Lipinski definition) is 6. The van der Waals surface area contributed by atoms with Crippen molar-refractivity contribution in [2.75, 3.05) is 59.6 Å². The first-order chi connectivity index (χ1) is 12.6. The second-order valence-electron chi connectivity index (χ2n) is 6.76. The summed E-state index contributed by atoms with van der Waals surface area (Å²) in [6.45, 7) is 5.36. The van der Waals surface area contributed by atoms with Gasteiger partial charge in [-0.1, -0.05) is 0 Å². The Labute approximate surface area is 156 Å². The lowest BCUT2D eigenvalue weighted by Crippen LogP contribution is -2.45. The lowest BCUT2D eigenvalue weighted by atomic mass is 10.1. The van der Waals surface area contributed by atoms with Gasteiger partial charge in [-0.2, -0.15) is 4.31 Å². The van der Waals surface area contributed by atoms with E-state index in [0.717, 1.165) is 19.6 Å². The van der Waals surface area contributed by atoms with E-state index in [9.17, 15) is 8.42 Å². The number of likely N-dealkylation sites (N-methyl/N-ethyl adjacent to an activating group) is 1. The summed E-state index contributed by atoms with van der Waals surface area (Å²) >= 11 is 0. The Morgan fingerprint density at radius 2 is 1.92 bits per heavy atom. The van der Waals surface area contributed by atoms with Gasteiger partial charge in [0, 0.05) is 32.2 Å². The molecule has 2 fully saturated rings. The first-order valence-electron chi connectivity index (χ1n) is 9.30. The van der Waals surface area contributed by atoms with Crippen LogP contribution in [0.5, 0.6) is 5.75 Å². The second kappa shape index (κ2) is 9.14. The quantitative estimate of drug-likeness (QED) is 0.750. The third-order valence-electron chi connectivity index (χ3n) is 5.02. The van der Waals surface area contributed by atoms with Crippen LogP contribution in [0.1, 0.15) is 12.8 Å². The highest BCUT2D eigenvalue weighted by Gasteiger charge is 2.26. The second-order valence-corrected chi connectivity index (χ2v) is 8.70. The van der Waals surface area contributed by atoms with Crippen LogP contribution in [0, 0.1) is 0 Å². The summed E-state index contributed by atoms with van der Waals surface area (Å²) in [5.41, 5.74) is 0. The van der Waals surface area contributed by atoms with Crippen molar-refractivity contribution in [2.24, 2.45) is 0 Å². The lowest BCUT2D eigenvalue weighted by molar-refractivity contribution is 0.0730. The first-order valence-corrected chi connectivity index (χ1v) is 10.7. The molecule has 1 aromatic carbocycles. The number of piperidine rings is 1. The minimum Gasteiger partial charge on any atom is -0.492 e. The zero-order valence-corrected chi connectivity index (χ0v) is 16.2. The van der Waals surface area contributed by atoms with Crippen LogP contribution in [-0.2, 0) is 14.8 Å². The molecule has 8 heteroatoms. The molecule has 0 aromatic heterocycles. The predicted octanol–water partition coefficient (Wildman–Crippen LogP) is 0.770. The smallest absolute Gasteiger partial charge is 0.243 e. The minimum absolute atomic E-state index is 0.305. The Morgan fingerprint density at radius 3 is 2.62 bits per heavy atom. The predicted molar refractivity (Wildman–Crippen MR) is 100 cm³/mol. The summed E-state index contributed by atoms with van der Waals surface area (Å²) in [6.07, 6.45) is 2.44. The van der Waals surface area contributed by atoms with Crippen molar-refractivity contribution in [1.82, 2.24) is 14.5 Å². The summed E-state index contributed by atoms with van der Waals surface area (Å²) in [5, 5.41) is 3.34. The van der Waals surface area contributed by atoms with Gasteiger partial charge in [0.05, 0.1) is 18.1 Å². The van der Waals surface area contributed by atoms with Crippen molar-refractivity contribution in [3.05, 3.63) is 24.3 Å². The summed E-state index contributed by atoms with van der Waals surface area (Å²) in [5.74, 6) is 0.702. The Bertz CT molecular complexity index is 660. The highest BCUT2D eigenvalue weighted by molar-refractivity contribution is 7.89. The van der Waals surface area contributed by atoms with Gasteiger partial charge in [-0.25, -0.2) is 8.42 Å². The highest BCUT2D eigenvalue weighted by atomic mass is 32.2. The number of nitrogens with one attached hydrogen (secondary N) is 1. The Kier molecular flexibility index (Phi) is 6.88. The van der Waals surface area contributed by atoms with E-state index >= 15 is 0 Å². The first kappa shape index (κ1) is 19.6. The number of sulfonamides is 1. The van der Waals surface area contributed by atoms with E-state index in [1.165, 1.54) is 17.1 Å². The fourth-order valence-corrected chi connectivity index (χ4v) is 4.84. The van der Waals surface area contributed by atoms with Crippen LogP contribution >= 0.6 is 0 Å². The largest absolute Gasteiger partial charge is 0.492 e. The molecule has 146 valence electrons. The molecule has 1 aromatic rings. The van der Waals surface area contributed by atoms with Crippen LogP contribution in [0.25, 0.3) is 0 Å². The van der Waals surface area contributed by atoms with E-state index in [0.29, 0.717) is 49.6 Å². The molecule has 0 spiro atoms. The standard InChI is InChI=1S/C18H29N3O4S/c1-19-16-3-2-8-20(15-16)9-14-25-17-4-6-18(7-5-17)26(22,23)21-10-12-24-13-11-21/h4-7,16,19H,2-3,8-15H2,1H3. The maximum atomic E-state index is 12.6. The number of ether oxygens (including phenoxy) is 2. The molecular weight excluding hydrogens is 354 g/mol. The monoisotopic (exact) mass is 383 g/mol. The Morgan fingerprint density at radius 1 is 1.19 bits per heavy atom. The minimum atomic E-state index is -3.44. The molecule has 0 bridgehead atoms. The number of morpholine rings is 1. The maximum Gasteiger partial charge on any atom is 0.243 e. The number of nitrogens with zero attached hydrogens (tertiary/aromatic N) is 2.